The van der Waals surface area contributed by atoms with E-state index >= 15 is 0 Å². The molecule has 0 N–H and O–H groups in total. The van der Waals surface area contributed by atoms with Crippen LogP contribution in [0.5, 0.6) is 0 Å². The van der Waals surface area contributed by atoms with Gasteiger partial charge in [-0.15, -0.1) is 0 Å². The smallest absolute Gasteiger partial charge is 0.405 e. The van der Waals surface area contributed by atoms with Crippen molar-refractivity contribution in [2.45, 2.75) is 122 Å². The molecule has 0 bridgehead atoms. The van der Waals surface area contributed by atoms with Gasteiger partial charge in [0.15, 0.2) is 0 Å². The number of rotatable bonds is 7. The Hall–Kier alpha value is -4.47. The quantitative estimate of drug-likeness (QED) is 0.149. The number of fused-ring (bicyclic) bond motifs is 4. The first-order chi connectivity index (χ1) is 29.3. The number of hydrogen-bond acceptors (Lipinski definition) is 6. The minimum atomic E-state index is -0.691. The molecule has 3 heterocycles. The zero-order valence-electron chi connectivity index (χ0n) is 38.1. The summed E-state index contributed by atoms with van der Waals surface area (Å²) in [6.45, 7) is 23.1. The summed E-state index contributed by atoms with van der Waals surface area (Å²) < 4.78 is 40.4. The average molecular weight is 822 g/mol. The van der Waals surface area contributed by atoms with Crippen LogP contribution in [0.4, 0.5) is 0 Å². The van der Waals surface area contributed by atoms with Crippen LogP contribution in [0.25, 0.3) is 33.0 Å². The summed E-state index contributed by atoms with van der Waals surface area (Å²) in [7, 11) is -1.90. The third kappa shape index (κ3) is 6.25. The maximum atomic E-state index is 6.94. The maximum Gasteiger partial charge on any atom is 0.495 e. The minimum Gasteiger partial charge on any atom is -0.405 e. The van der Waals surface area contributed by atoms with Crippen LogP contribution in [0.2, 0.25) is 0 Å². The normalized spacial score (nSPS) is 25.0. The Bertz CT molecular complexity index is 2700. The summed E-state index contributed by atoms with van der Waals surface area (Å²) >= 11 is 0. The topological polar surface area (TPSA) is 55.4 Å². The first kappa shape index (κ1) is 41.5. The van der Waals surface area contributed by atoms with Gasteiger partial charge in [0.25, 0.3) is 0 Å². The van der Waals surface area contributed by atoms with Crippen LogP contribution in [0.15, 0.2) is 133 Å². The van der Waals surface area contributed by atoms with Crippen molar-refractivity contribution in [2.24, 2.45) is 0 Å². The molecule has 0 amide bonds. The van der Waals surface area contributed by atoms with E-state index in [1.54, 1.807) is 0 Å². The van der Waals surface area contributed by atoms with Gasteiger partial charge in [0, 0.05) is 6.42 Å². The lowest BCUT2D eigenvalue weighted by molar-refractivity contribution is -0.00878. The second kappa shape index (κ2) is 14.0. The van der Waals surface area contributed by atoms with E-state index in [-0.39, 0.29) is 0 Å². The van der Waals surface area contributed by atoms with Gasteiger partial charge in [0.05, 0.1) is 39.0 Å². The van der Waals surface area contributed by atoms with Crippen molar-refractivity contribution < 1.29 is 27.9 Å². The summed E-state index contributed by atoms with van der Waals surface area (Å²) in [5.41, 5.74) is 7.55. The fraction of sp³-hybridized carbons (Fsp3) is 0.358. The van der Waals surface area contributed by atoms with E-state index in [1.807, 2.05) is 0 Å². The Morgan fingerprint density at radius 2 is 0.984 bits per heavy atom. The predicted molar refractivity (Wildman–Crippen MR) is 253 cm³/mol. The standard InChI is InChI=1S/C53H57B3O6/c1-47(2)48(3,4)58-54(57-47)46-33-45-43(32-42(46)38-29-28-36-21-15-16-22-37(36)31-38)41-26-17-18-27-44(41)53(45,39-23-13-12-14-24-39)40-25-19-20-35(30-40)34-52(11)51(9,10)61-56(62-52)55-59-49(5,6)50(7,8)60-55/h12-33H,34H2,1-11H3. The Morgan fingerprint density at radius 1 is 0.403 bits per heavy atom. The molecule has 6 aromatic rings. The molecule has 1 aliphatic carbocycles. The summed E-state index contributed by atoms with van der Waals surface area (Å²) in [5, 5.41) is 2.40. The molecule has 314 valence electrons. The lowest BCUT2D eigenvalue weighted by Gasteiger charge is -2.38. The van der Waals surface area contributed by atoms with E-state index in [9.17, 15) is 0 Å². The van der Waals surface area contributed by atoms with Gasteiger partial charge in [-0.2, -0.15) is 0 Å². The monoisotopic (exact) mass is 822 g/mol. The summed E-state index contributed by atoms with van der Waals surface area (Å²) in [4.78, 5) is 0. The molecule has 10 rings (SSSR count). The SMILES string of the molecule is CC1(C)OB(B2OC(C)(C)C(C)(Cc3cccc(C4(c5ccccc5)c5ccccc5-c5cc(-c6ccc7ccccc7c6)c(B6OC(C)(C)C(C)(C)O6)cc54)c3)O2)OC1(C)C. The van der Waals surface area contributed by atoms with Gasteiger partial charge in [-0.3, -0.25) is 0 Å². The number of hydrogen-bond donors (Lipinski definition) is 0. The molecule has 3 aliphatic heterocycles. The van der Waals surface area contributed by atoms with E-state index < -0.39 is 60.2 Å². The summed E-state index contributed by atoms with van der Waals surface area (Å²) in [6.07, 6.45) is 0.614. The molecular weight excluding hydrogens is 765 g/mol. The molecule has 62 heavy (non-hydrogen) atoms. The molecule has 2 atom stereocenters. The molecule has 3 fully saturated rings. The molecule has 6 aromatic carbocycles. The second-order valence-corrected chi connectivity index (χ2v) is 20.6. The molecular formula is C53H57B3O6. The fourth-order valence-corrected chi connectivity index (χ4v) is 10.1. The zero-order valence-corrected chi connectivity index (χ0v) is 38.1. The van der Waals surface area contributed by atoms with Crippen LogP contribution >= 0.6 is 0 Å². The molecule has 2 unspecified atom stereocenters. The van der Waals surface area contributed by atoms with Crippen molar-refractivity contribution in [1.29, 1.82) is 0 Å². The third-order valence-electron chi connectivity index (χ3n) is 15.4. The first-order valence-electron chi connectivity index (χ1n) is 22.2. The summed E-state index contributed by atoms with van der Waals surface area (Å²) in [6, 6.07) is 49.1. The first-order valence-corrected chi connectivity index (χ1v) is 22.2. The van der Waals surface area contributed by atoms with Gasteiger partial charge in [-0.1, -0.05) is 121 Å². The second-order valence-electron chi connectivity index (χ2n) is 20.6. The van der Waals surface area contributed by atoms with E-state index in [0.29, 0.717) is 6.42 Å². The van der Waals surface area contributed by atoms with Crippen LogP contribution in [-0.4, -0.2) is 54.7 Å². The van der Waals surface area contributed by atoms with Crippen LogP contribution in [-0.2, 0) is 39.8 Å². The molecule has 0 radical (unpaired) electrons. The van der Waals surface area contributed by atoms with Gasteiger partial charge >= 0.3 is 21.1 Å². The van der Waals surface area contributed by atoms with Gasteiger partial charge in [0.2, 0.25) is 0 Å². The third-order valence-corrected chi connectivity index (χ3v) is 15.4. The predicted octanol–water partition coefficient (Wildman–Crippen LogP) is 11.0. The Labute approximate surface area is 369 Å². The fourth-order valence-electron chi connectivity index (χ4n) is 10.1. The summed E-state index contributed by atoms with van der Waals surface area (Å²) in [5.74, 6) is 0. The molecule has 0 saturated carbocycles. The average Bonchev–Trinajstić information content (AvgIpc) is 3.82. The van der Waals surface area contributed by atoms with Gasteiger partial charge < -0.3 is 27.9 Å². The van der Waals surface area contributed by atoms with Crippen molar-refractivity contribution in [3.05, 3.63) is 161 Å². The lowest BCUT2D eigenvalue weighted by Crippen LogP contribution is -2.46. The molecule has 4 aliphatic rings. The van der Waals surface area contributed by atoms with Crippen molar-refractivity contribution in [2.75, 3.05) is 0 Å². The van der Waals surface area contributed by atoms with E-state index in [4.69, 9.17) is 27.9 Å². The van der Waals surface area contributed by atoms with Crippen molar-refractivity contribution in [1.82, 2.24) is 0 Å². The molecule has 0 aromatic heterocycles. The zero-order chi connectivity index (χ0) is 43.7. The van der Waals surface area contributed by atoms with Gasteiger partial charge in [-0.05, 0) is 155 Å². The number of benzene rings is 6. The van der Waals surface area contributed by atoms with Crippen molar-refractivity contribution in [3.63, 3.8) is 0 Å². The van der Waals surface area contributed by atoms with Crippen LogP contribution in [0.1, 0.15) is 104 Å². The molecule has 3 saturated heterocycles. The highest BCUT2D eigenvalue weighted by molar-refractivity contribution is 7.11. The highest BCUT2D eigenvalue weighted by atomic mass is 16.7. The maximum absolute atomic E-state index is 6.94. The van der Waals surface area contributed by atoms with E-state index in [1.165, 1.54) is 44.2 Å². The van der Waals surface area contributed by atoms with E-state index in [0.717, 1.165) is 22.2 Å². The van der Waals surface area contributed by atoms with Gasteiger partial charge in [0.1, 0.15) is 0 Å². The highest BCUT2D eigenvalue weighted by Gasteiger charge is 2.65. The Balaban J connectivity index is 1.14. The molecule has 9 heteroatoms. The van der Waals surface area contributed by atoms with E-state index in [2.05, 4.69) is 210 Å². The molecule has 0 spiro atoms. The van der Waals surface area contributed by atoms with Crippen LogP contribution in [0, 0.1) is 0 Å². The minimum absolute atomic E-state index is 0.500. The van der Waals surface area contributed by atoms with Gasteiger partial charge in [-0.25, -0.2) is 0 Å². The Morgan fingerprint density at radius 3 is 1.69 bits per heavy atom. The van der Waals surface area contributed by atoms with Crippen LogP contribution < -0.4 is 5.46 Å². The largest absolute Gasteiger partial charge is 0.495 e. The molecule has 6 nitrogen and oxygen atoms in total. The highest BCUT2D eigenvalue weighted by Crippen LogP contribution is 2.57. The lowest BCUT2D eigenvalue weighted by atomic mass is 9.49. The van der Waals surface area contributed by atoms with Crippen molar-refractivity contribution >= 4 is 37.4 Å². The Kier molecular flexibility index (Phi) is 9.39. The van der Waals surface area contributed by atoms with Crippen molar-refractivity contribution in [3.8, 4) is 22.3 Å². The van der Waals surface area contributed by atoms with Crippen LogP contribution in [0.3, 0.4) is 0 Å².